The lowest BCUT2D eigenvalue weighted by Gasteiger charge is -2.05. The minimum atomic E-state index is -0.194. The smallest absolute Gasteiger partial charge is 0.275 e. The van der Waals surface area contributed by atoms with Gasteiger partial charge in [-0.2, -0.15) is 0 Å². The number of amides is 1. The van der Waals surface area contributed by atoms with Crippen LogP contribution in [0.3, 0.4) is 0 Å². The van der Waals surface area contributed by atoms with Crippen LogP contribution >= 0.6 is 0 Å². The SMILES string of the molecule is CCNCc1ccc(NC(=O)c2cn(C)cn2)cc1. The van der Waals surface area contributed by atoms with Crippen LogP contribution in [0.2, 0.25) is 0 Å². The Morgan fingerprint density at radius 1 is 1.32 bits per heavy atom. The number of imidazole rings is 1. The lowest BCUT2D eigenvalue weighted by molar-refractivity contribution is 0.102. The van der Waals surface area contributed by atoms with Crippen molar-refractivity contribution < 1.29 is 4.79 Å². The fourth-order valence-electron chi connectivity index (χ4n) is 1.70. The number of carbonyl (C=O) groups excluding carboxylic acids is 1. The molecular weight excluding hydrogens is 240 g/mol. The lowest BCUT2D eigenvalue weighted by atomic mass is 10.2. The molecular formula is C14H18N4O. The highest BCUT2D eigenvalue weighted by Crippen LogP contribution is 2.10. The van der Waals surface area contributed by atoms with Crippen molar-refractivity contribution in [1.29, 1.82) is 0 Å². The predicted octanol–water partition coefficient (Wildman–Crippen LogP) is 1.78. The van der Waals surface area contributed by atoms with Crippen molar-refractivity contribution in [3.63, 3.8) is 0 Å². The number of aryl methyl sites for hydroxylation is 1. The summed E-state index contributed by atoms with van der Waals surface area (Å²) in [5, 5.41) is 6.07. The van der Waals surface area contributed by atoms with Gasteiger partial charge in [0.25, 0.3) is 5.91 Å². The minimum absolute atomic E-state index is 0.194. The number of aromatic nitrogens is 2. The van der Waals surface area contributed by atoms with Crippen molar-refractivity contribution in [3.8, 4) is 0 Å². The molecule has 0 bridgehead atoms. The van der Waals surface area contributed by atoms with Crippen LogP contribution in [-0.2, 0) is 13.6 Å². The molecule has 1 heterocycles. The normalized spacial score (nSPS) is 10.4. The first-order valence-electron chi connectivity index (χ1n) is 6.28. The lowest BCUT2D eigenvalue weighted by Crippen LogP contribution is -2.13. The molecule has 100 valence electrons. The number of hydrogen-bond acceptors (Lipinski definition) is 3. The van der Waals surface area contributed by atoms with Crippen molar-refractivity contribution in [2.75, 3.05) is 11.9 Å². The maximum atomic E-state index is 11.9. The highest BCUT2D eigenvalue weighted by atomic mass is 16.1. The molecule has 5 nitrogen and oxygen atoms in total. The second kappa shape index (κ2) is 6.15. The van der Waals surface area contributed by atoms with E-state index in [1.54, 1.807) is 17.1 Å². The summed E-state index contributed by atoms with van der Waals surface area (Å²) < 4.78 is 1.74. The van der Waals surface area contributed by atoms with Gasteiger partial charge in [0, 0.05) is 25.5 Å². The summed E-state index contributed by atoms with van der Waals surface area (Å²) in [5.74, 6) is -0.194. The Morgan fingerprint density at radius 2 is 2.05 bits per heavy atom. The van der Waals surface area contributed by atoms with Gasteiger partial charge in [0.15, 0.2) is 0 Å². The fourth-order valence-corrected chi connectivity index (χ4v) is 1.70. The standard InChI is InChI=1S/C14H18N4O/c1-3-15-8-11-4-6-12(7-5-11)17-14(19)13-9-18(2)10-16-13/h4-7,9-10,15H,3,8H2,1-2H3,(H,17,19). The van der Waals surface area contributed by atoms with E-state index in [1.165, 1.54) is 5.56 Å². The average Bonchev–Trinajstić information content (AvgIpc) is 2.85. The van der Waals surface area contributed by atoms with E-state index in [1.807, 2.05) is 31.3 Å². The quantitative estimate of drug-likeness (QED) is 0.859. The molecule has 19 heavy (non-hydrogen) atoms. The summed E-state index contributed by atoms with van der Waals surface area (Å²) in [4.78, 5) is 15.9. The Bertz CT molecular complexity index is 545. The zero-order valence-electron chi connectivity index (χ0n) is 11.2. The maximum Gasteiger partial charge on any atom is 0.275 e. The van der Waals surface area contributed by atoms with E-state index in [0.717, 1.165) is 18.8 Å². The molecule has 5 heteroatoms. The molecule has 0 atom stereocenters. The molecule has 1 amide bonds. The molecule has 2 rings (SSSR count). The van der Waals surface area contributed by atoms with Crippen LogP contribution in [0, 0.1) is 0 Å². The van der Waals surface area contributed by atoms with Gasteiger partial charge < -0.3 is 15.2 Å². The third-order valence-electron chi connectivity index (χ3n) is 2.73. The van der Waals surface area contributed by atoms with Crippen LogP contribution in [0.4, 0.5) is 5.69 Å². The van der Waals surface area contributed by atoms with E-state index in [-0.39, 0.29) is 5.91 Å². The van der Waals surface area contributed by atoms with Gasteiger partial charge in [0.1, 0.15) is 5.69 Å². The zero-order chi connectivity index (χ0) is 13.7. The van der Waals surface area contributed by atoms with Gasteiger partial charge >= 0.3 is 0 Å². The second-order valence-corrected chi connectivity index (χ2v) is 4.36. The molecule has 0 unspecified atom stereocenters. The molecule has 0 aliphatic rings. The summed E-state index contributed by atoms with van der Waals surface area (Å²) in [5.41, 5.74) is 2.38. The predicted molar refractivity (Wildman–Crippen MR) is 75.0 cm³/mol. The molecule has 1 aromatic carbocycles. The summed E-state index contributed by atoms with van der Waals surface area (Å²) in [6.45, 7) is 3.85. The van der Waals surface area contributed by atoms with Crippen LogP contribution in [0.1, 0.15) is 23.0 Å². The fraction of sp³-hybridized carbons (Fsp3) is 0.286. The molecule has 0 aliphatic heterocycles. The Hall–Kier alpha value is -2.14. The summed E-state index contributed by atoms with van der Waals surface area (Å²) in [7, 11) is 1.83. The minimum Gasteiger partial charge on any atom is -0.340 e. The first-order chi connectivity index (χ1) is 9.19. The highest BCUT2D eigenvalue weighted by molar-refractivity contribution is 6.02. The molecule has 1 aromatic heterocycles. The van der Waals surface area contributed by atoms with Crippen LogP contribution < -0.4 is 10.6 Å². The van der Waals surface area contributed by atoms with Crippen LogP contribution in [0.25, 0.3) is 0 Å². The maximum absolute atomic E-state index is 11.9. The van der Waals surface area contributed by atoms with Gasteiger partial charge in [-0.05, 0) is 24.2 Å². The van der Waals surface area contributed by atoms with Gasteiger partial charge in [-0.3, -0.25) is 4.79 Å². The van der Waals surface area contributed by atoms with Gasteiger partial charge in [0.05, 0.1) is 6.33 Å². The third-order valence-corrected chi connectivity index (χ3v) is 2.73. The van der Waals surface area contributed by atoms with Gasteiger partial charge in [-0.15, -0.1) is 0 Å². The summed E-state index contributed by atoms with van der Waals surface area (Å²) >= 11 is 0. The largest absolute Gasteiger partial charge is 0.340 e. The number of nitrogens with zero attached hydrogens (tertiary/aromatic N) is 2. The molecule has 0 aliphatic carbocycles. The molecule has 0 saturated carbocycles. The Labute approximate surface area is 112 Å². The van der Waals surface area contributed by atoms with Crippen molar-refractivity contribution in [2.45, 2.75) is 13.5 Å². The van der Waals surface area contributed by atoms with Crippen molar-refractivity contribution >= 4 is 11.6 Å². The van der Waals surface area contributed by atoms with E-state index >= 15 is 0 Å². The molecule has 0 fully saturated rings. The van der Waals surface area contributed by atoms with Crippen molar-refractivity contribution in [2.24, 2.45) is 7.05 Å². The van der Waals surface area contributed by atoms with E-state index in [9.17, 15) is 4.79 Å². The van der Waals surface area contributed by atoms with E-state index in [4.69, 9.17) is 0 Å². The Kier molecular flexibility index (Phi) is 4.30. The van der Waals surface area contributed by atoms with E-state index in [0.29, 0.717) is 5.69 Å². The van der Waals surface area contributed by atoms with Gasteiger partial charge in [-0.25, -0.2) is 4.98 Å². The number of anilines is 1. The number of carbonyl (C=O) groups is 1. The Balaban J connectivity index is 1.97. The third kappa shape index (κ3) is 3.66. The average molecular weight is 258 g/mol. The van der Waals surface area contributed by atoms with E-state index < -0.39 is 0 Å². The highest BCUT2D eigenvalue weighted by Gasteiger charge is 2.08. The number of hydrogen-bond donors (Lipinski definition) is 2. The van der Waals surface area contributed by atoms with Crippen molar-refractivity contribution in [3.05, 3.63) is 48.0 Å². The monoisotopic (exact) mass is 258 g/mol. The first kappa shape index (κ1) is 13.3. The van der Waals surface area contributed by atoms with Crippen LogP contribution in [0.5, 0.6) is 0 Å². The molecule has 2 N–H and O–H groups in total. The Morgan fingerprint density at radius 3 is 2.63 bits per heavy atom. The zero-order valence-corrected chi connectivity index (χ0v) is 11.2. The van der Waals surface area contributed by atoms with Gasteiger partial charge in [-0.1, -0.05) is 19.1 Å². The van der Waals surface area contributed by atoms with Gasteiger partial charge in [0.2, 0.25) is 0 Å². The summed E-state index contributed by atoms with van der Waals surface area (Å²) in [6.07, 6.45) is 3.29. The van der Waals surface area contributed by atoms with Crippen molar-refractivity contribution in [1.82, 2.24) is 14.9 Å². The topological polar surface area (TPSA) is 58.9 Å². The summed E-state index contributed by atoms with van der Waals surface area (Å²) in [6, 6.07) is 7.79. The number of rotatable bonds is 5. The molecule has 2 aromatic rings. The first-order valence-corrected chi connectivity index (χ1v) is 6.28. The molecule has 0 saturated heterocycles. The van der Waals surface area contributed by atoms with Crippen LogP contribution in [0.15, 0.2) is 36.8 Å². The van der Waals surface area contributed by atoms with E-state index in [2.05, 4.69) is 22.5 Å². The number of benzene rings is 1. The second-order valence-electron chi connectivity index (χ2n) is 4.36. The molecule has 0 radical (unpaired) electrons. The molecule has 0 spiro atoms. The van der Waals surface area contributed by atoms with Crippen LogP contribution in [-0.4, -0.2) is 22.0 Å². The number of nitrogens with one attached hydrogen (secondary N) is 2.